The number of hydrogen-bond donors (Lipinski definition) is 0. The fourth-order valence-electron chi connectivity index (χ4n) is 1.71. The molecule has 0 radical (unpaired) electrons. The van der Waals surface area contributed by atoms with Crippen molar-refractivity contribution in [2.75, 3.05) is 0 Å². The molecule has 3 aromatic rings. The van der Waals surface area contributed by atoms with Crippen LogP contribution in [0.5, 0.6) is 0 Å². The fraction of sp³-hybridized carbons (Fsp3) is 0. The van der Waals surface area contributed by atoms with Gasteiger partial charge >= 0.3 is 0 Å². The van der Waals surface area contributed by atoms with Gasteiger partial charge in [-0.2, -0.15) is 0 Å². The number of halogens is 2. The lowest BCUT2D eigenvalue weighted by Gasteiger charge is -2.03. The first-order chi connectivity index (χ1) is 8.24. The summed E-state index contributed by atoms with van der Waals surface area (Å²) in [4.78, 5) is 4.48. The van der Waals surface area contributed by atoms with Gasteiger partial charge in [0, 0.05) is 10.4 Å². The molecule has 2 aromatic heterocycles. The minimum Gasteiger partial charge on any atom is -0.463 e. The van der Waals surface area contributed by atoms with Gasteiger partial charge in [-0.05, 0) is 36.4 Å². The van der Waals surface area contributed by atoms with E-state index < -0.39 is 0 Å². The zero-order valence-electron chi connectivity index (χ0n) is 8.65. The number of benzene rings is 1. The maximum Gasteiger partial charge on any atom is 0.152 e. The van der Waals surface area contributed by atoms with E-state index in [0.29, 0.717) is 21.5 Å². The van der Waals surface area contributed by atoms with E-state index in [9.17, 15) is 0 Å². The lowest BCUT2D eigenvalue weighted by atomic mass is 10.2. The van der Waals surface area contributed by atoms with Crippen LogP contribution in [0.1, 0.15) is 0 Å². The summed E-state index contributed by atoms with van der Waals surface area (Å²) in [6.45, 7) is 0. The average molecular weight is 264 g/mol. The van der Waals surface area contributed by atoms with Gasteiger partial charge in [0.2, 0.25) is 0 Å². The van der Waals surface area contributed by atoms with Gasteiger partial charge in [-0.25, -0.2) is 4.98 Å². The van der Waals surface area contributed by atoms with Crippen LogP contribution in [0.3, 0.4) is 0 Å². The molecule has 0 amide bonds. The van der Waals surface area contributed by atoms with E-state index in [0.717, 1.165) is 10.9 Å². The van der Waals surface area contributed by atoms with E-state index in [1.807, 2.05) is 18.2 Å². The molecule has 3 rings (SSSR count). The summed E-state index contributed by atoms with van der Waals surface area (Å²) in [5.41, 5.74) is 1.46. The van der Waals surface area contributed by atoms with E-state index in [1.54, 1.807) is 24.5 Å². The van der Waals surface area contributed by atoms with Crippen LogP contribution >= 0.6 is 23.2 Å². The third-order valence-electron chi connectivity index (χ3n) is 2.50. The highest BCUT2D eigenvalue weighted by molar-refractivity contribution is 6.36. The Hall–Kier alpha value is -1.51. The molecule has 0 bridgehead atoms. The average Bonchev–Trinajstić information content (AvgIpc) is 2.81. The van der Waals surface area contributed by atoms with Gasteiger partial charge in [-0.3, -0.25) is 0 Å². The highest BCUT2D eigenvalue weighted by Crippen LogP contribution is 2.29. The Morgan fingerprint density at radius 1 is 1.06 bits per heavy atom. The van der Waals surface area contributed by atoms with Crippen molar-refractivity contribution in [3.63, 3.8) is 0 Å². The summed E-state index contributed by atoms with van der Waals surface area (Å²) in [7, 11) is 0. The molecule has 0 atom stereocenters. The van der Waals surface area contributed by atoms with Crippen molar-refractivity contribution < 1.29 is 4.42 Å². The summed E-state index contributed by atoms with van der Waals surface area (Å²) >= 11 is 12.1. The first kappa shape index (κ1) is 10.6. The Labute approximate surface area is 108 Å². The molecule has 0 aliphatic carbocycles. The van der Waals surface area contributed by atoms with Crippen LogP contribution in [-0.4, -0.2) is 4.98 Å². The molecule has 1 aromatic carbocycles. The minimum absolute atomic E-state index is 0.637. The molecule has 0 N–H and O–H groups in total. The largest absolute Gasteiger partial charge is 0.463 e. The number of aromatic nitrogens is 1. The van der Waals surface area contributed by atoms with Crippen LogP contribution in [0, 0.1) is 0 Å². The second-order valence-corrected chi connectivity index (χ2v) is 4.47. The van der Waals surface area contributed by atoms with Gasteiger partial charge in [-0.15, -0.1) is 0 Å². The maximum absolute atomic E-state index is 6.21. The molecular weight excluding hydrogens is 257 g/mol. The maximum atomic E-state index is 6.21. The zero-order valence-corrected chi connectivity index (χ0v) is 10.2. The predicted octanol–water partition coefficient (Wildman–Crippen LogP) is 4.80. The van der Waals surface area contributed by atoms with Gasteiger partial charge in [0.05, 0.1) is 16.8 Å². The summed E-state index contributed by atoms with van der Waals surface area (Å²) in [6.07, 6.45) is 1.60. The summed E-state index contributed by atoms with van der Waals surface area (Å²) in [5, 5.41) is 2.15. The normalized spacial score (nSPS) is 10.9. The van der Waals surface area contributed by atoms with Crippen LogP contribution < -0.4 is 0 Å². The number of furan rings is 1. The van der Waals surface area contributed by atoms with Gasteiger partial charge in [0.25, 0.3) is 0 Å². The molecule has 4 heteroatoms. The van der Waals surface area contributed by atoms with Crippen molar-refractivity contribution >= 4 is 34.1 Å². The Bertz CT molecular complexity index is 677. The smallest absolute Gasteiger partial charge is 0.152 e. The number of nitrogens with zero attached hydrogens (tertiary/aromatic N) is 1. The summed E-state index contributed by atoms with van der Waals surface area (Å²) in [6, 6.07) is 10.9. The Balaban J connectivity index is 2.29. The van der Waals surface area contributed by atoms with E-state index in [1.165, 1.54) is 0 Å². The molecular formula is C13H7Cl2NO. The lowest BCUT2D eigenvalue weighted by Crippen LogP contribution is -1.85. The lowest BCUT2D eigenvalue weighted by molar-refractivity contribution is 0.580. The predicted molar refractivity (Wildman–Crippen MR) is 69.5 cm³/mol. The number of pyridine rings is 1. The molecule has 2 heterocycles. The van der Waals surface area contributed by atoms with Gasteiger partial charge in [0.1, 0.15) is 5.69 Å². The Morgan fingerprint density at radius 3 is 2.71 bits per heavy atom. The first-order valence-corrected chi connectivity index (χ1v) is 5.79. The van der Waals surface area contributed by atoms with Crippen LogP contribution in [0.15, 0.2) is 47.1 Å². The van der Waals surface area contributed by atoms with Crippen LogP contribution in [0.4, 0.5) is 0 Å². The van der Waals surface area contributed by atoms with Gasteiger partial charge in [-0.1, -0.05) is 23.2 Å². The van der Waals surface area contributed by atoms with Crippen molar-refractivity contribution in [3.8, 4) is 11.5 Å². The molecule has 0 saturated carbocycles. The molecule has 0 aliphatic rings. The summed E-state index contributed by atoms with van der Waals surface area (Å²) < 4.78 is 5.30. The number of fused-ring (bicyclic) bond motifs is 1. The second-order valence-electron chi connectivity index (χ2n) is 3.63. The van der Waals surface area contributed by atoms with Crippen molar-refractivity contribution in [1.29, 1.82) is 0 Å². The highest BCUT2D eigenvalue weighted by atomic mass is 35.5. The number of hydrogen-bond acceptors (Lipinski definition) is 2. The SMILES string of the molecule is Clc1ccc2c(Cl)cc(-c3ccco3)nc2c1. The molecule has 84 valence electrons. The molecule has 0 spiro atoms. The molecule has 0 aliphatic heterocycles. The van der Waals surface area contributed by atoms with Crippen LogP contribution in [0.25, 0.3) is 22.4 Å². The van der Waals surface area contributed by atoms with E-state index in [2.05, 4.69) is 4.98 Å². The molecule has 0 unspecified atom stereocenters. The third kappa shape index (κ3) is 1.90. The fourth-order valence-corrected chi connectivity index (χ4v) is 2.14. The van der Waals surface area contributed by atoms with Gasteiger partial charge in [0.15, 0.2) is 5.76 Å². The minimum atomic E-state index is 0.637. The summed E-state index contributed by atoms with van der Waals surface area (Å²) in [5.74, 6) is 0.689. The first-order valence-electron chi connectivity index (χ1n) is 5.04. The van der Waals surface area contributed by atoms with Crippen molar-refractivity contribution in [3.05, 3.63) is 52.7 Å². The second kappa shape index (κ2) is 4.06. The van der Waals surface area contributed by atoms with Crippen molar-refractivity contribution in [2.45, 2.75) is 0 Å². The zero-order chi connectivity index (χ0) is 11.8. The van der Waals surface area contributed by atoms with Crippen LogP contribution in [-0.2, 0) is 0 Å². The molecule has 17 heavy (non-hydrogen) atoms. The highest BCUT2D eigenvalue weighted by Gasteiger charge is 2.08. The van der Waals surface area contributed by atoms with Gasteiger partial charge < -0.3 is 4.42 Å². The Morgan fingerprint density at radius 2 is 1.94 bits per heavy atom. The van der Waals surface area contributed by atoms with Crippen molar-refractivity contribution in [1.82, 2.24) is 4.98 Å². The monoisotopic (exact) mass is 263 g/mol. The quantitative estimate of drug-likeness (QED) is 0.630. The van der Waals surface area contributed by atoms with E-state index in [4.69, 9.17) is 27.6 Å². The topological polar surface area (TPSA) is 26.0 Å². The van der Waals surface area contributed by atoms with E-state index >= 15 is 0 Å². The van der Waals surface area contributed by atoms with Crippen molar-refractivity contribution in [2.24, 2.45) is 0 Å². The molecule has 0 saturated heterocycles. The number of rotatable bonds is 1. The Kier molecular flexibility index (Phi) is 2.54. The van der Waals surface area contributed by atoms with E-state index in [-0.39, 0.29) is 0 Å². The molecule has 2 nitrogen and oxygen atoms in total. The van der Waals surface area contributed by atoms with Crippen LogP contribution in [0.2, 0.25) is 10.0 Å². The standard InChI is InChI=1S/C13H7Cl2NO/c14-8-3-4-9-10(15)7-12(16-11(9)6-8)13-2-1-5-17-13/h1-7H. The third-order valence-corrected chi connectivity index (χ3v) is 3.04. The molecule has 0 fully saturated rings.